The molecule has 0 saturated carbocycles. The Morgan fingerprint density at radius 1 is 1.20 bits per heavy atom. The van der Waals surface area contributed by atoms with E-state index in [2.05, 4.69) is 65.8 Å². The fraction of sp³-hybridized carbons (Fsp3) is 0.438. The van der Waals surface area contributed by atoms with E-state index in [1.54, 1.807) is 4.90 Å². The lowest BCUT2D eigenvalue weighted by molar-refractivity contribution is -0.128. The number of anilines is 2. The molecule has 6 rings (SSSR count). The Hall–Kier alpha value is -4.00. The van der Waals surface area contributed by atoms with E-state index in [4.69, 9.17) is 19.4 Å². The number of aryl methyl sites for hydroxylation is 1. The molecule has 2 saturated heterocycles. The molecule has 1 aromatic heterocycles. The SMILES string of the molecule is C=CC(=O)N1CCN(c2nc(CO[C@H]3CCOC3)nc3c2CCN(c2cccc4cccc(C)c24)C3)C[C@@H]1CC#N. The van der Waals surface area contributed by atoms with Gasteiger partial charge in [-0.2, -0.15) is 5.26 Å². The number of carbonyl (C=O) groups is 1. The summed E-state index contributed by atoms with van der Waals surface area (Å²) >= 11 is 0. The average molecular weight is 553 g/mol. The molecular weight excluding hydrogens is 516 g/mol. The van der Waals surface area contributed by atoms with Gasteiger partial charge < -0.3 is 24.2 Å². The van der Waals surface area contributed by atoms with Crippen molar-refractivity contribution in [3.05, 3.63) is 71.7 Å². The predicted molar refractivity (Wildman–Crippen MR) is 158 cm³/mol. The number of benzene rings is 2. The van der Waals surface area contributed by atoms with Gasteiger partial charge in [0.25, 0.3) is 0 Å². The molecule has 2 aromatic carbocycles. The summed E-state index contributed by atoms with van der Waals surface area (Å²) in [6, 6.07) is 15.0. The number of hydrogen-bond acceptors (Lipinski definition) is 8. The van der Waals surface area contributed by atoms with Crippen LogP contribution in [0.2, 0.25) is 0 Å². The van der Waals surface area contributed by atoms with Crippen LogP contribution in [0.5, 0.6) is 0 Å². The van der Waals surface area contributed by atoms with Gasteiger partial charge in [-0.05, 0) is 42.9 Å². The van der Waals surface area contributed by atoms with Gasteiger partial charge in [-0.25, -0.2) is 9.97 Å². The maximum Gasteiger partial charge on any atom is 0.246 e. The monoisotopic (exact) mass is 552 g/mol. The first-order valence-electron chi connectivity index (χ1n) is 14.4. The van der Waals surface area contributed by atoms with Crippen molar-refractivity contribution in [1.29, 1.82) is 5.26 Å². The van der Waals surface area contributed by atoms with Crippen molar-refractivity contribution >= 4 is 28.2 Å². The zero-order valence-corrected chi connectivity index (χ0v) is 23.6. The summed E-state index contributed by atoms with van der Waals surface area (Å²) in [5.41, 5.74) is 4.63. The van der Waals surface area contributed by atoms with Crippen LogP contribution in [0.1, 0.15) is 35.5 Å². The number of amides is 1. The molecule has 2 atom stereocenters. The van der Waals surface area contributed by atoms with Crippen molar-refractivity contribution in [3.63, 3.8) is 0 Å². The Bertz CT molecular complexity index is 1490. The average Bonchev–Trinajstić information content (AvgIpc) is 3.53. The highest BCUT2D eigenvalue weighted by atomic mass is 16.5. The van der Waals surface area contributed by atoms with Crippen LogP contribution in [0.4, 0.5) is 11.5 Å². The lowest BCUT2D eigenvalue weighted by atomic mass is 9.99. The molecule has 0 unspecified atom stereocenters. The second kappa shape index (κ2) is 11.9. The maximum absolute atomic E-state index is 12.5. The van der Waals surface area contributed by atoms with Gasteiger partial charge in [-0.1, -0.05) is 36.9 Å². The molecule has 0 spiro atoms. The Balaban J connectivity index is 1.34. The Labute approximate surface area is 241 Å². The van der Waals surface area contributed by atoms with Gasteiger partial charge in [0.2, 0.25) is 5.91 Å². The minimum Gasteiger partial charge on any atom is -0.379 e. The second-order valence-electron chi connectivity index (χ2n) is 11.0. The number of nitriles is 1. The molecule has 0 aliphatic carbocycles. The van der Waals surface area contributed by atoms with Crippen LogP contribution in [0, 0.1) is 18.3 Å². The van der Waals surface area contributed by atoms with Gasteiger partial charge in [0, 0.05) is 49.4 Å². The third-order valence-corrected chi connectivity index (χ3v) is 8.42. The Kier molecular flexibility index (Phi) is 7.86. The van der Waals surface area contributed by atoms with Gasteiger partial charge in [-0.15, -0.1) is 0 Å². The van der Waals surface area contributed by atoms with Crippen molar-refractivity contribution in [2.45, 2.75) is 51.5 Å². The van der Waals surface area contributed by atoms with Crippen molar-refractivity contribution in [1.82, 2.24) is 14.9 Å². The maximum atomic E-state index is 12.5. The summed E-state index contributed by atoms with van der Waals surface area (Å²) in [6.07, 6.45) is 3.33. The minimum atomic E-state index is -0.223. The molecule has 3 aromatic rings. The molecule has 0 bridgehead atoms. The Morgan fingerprint density at radius 2 is 2.05 bits per heavy atom. The highest BCUT2D eigenvalue weighted by Gasteiger charge is 2.33. The fourth-order valence-electron chi connectivity index (χ4n) is 6.33. The number of piperazine rings is 1. The first-order valence-corrected chi connectivity index (χ1v) is 14.4. The molecular formula is C32H36N6O3. The van der Waals surface area contributed by atoms with E-state index in [0.29, 0.717) is 51.8 Å². The summed E-state index contributed by atoms with van der Waals surface area (Å²) < 4.78 is 11.6. The zero-order chi connectivity index (χ0) is 28.3. The molecule has 0 N–H and O–H groups in total. The number of rotatable bonds is 7. The van der Waals surface area contributed by atoms with Gasteiger partial charge >= 0.3 is 0 Å². The standard InChI is InChI=1S/C32H36N6O3/c1-3-30(39)38-16-15-37(18-24(38)10-13-33)32-26-11-14-36(28-9-5-8-23-7-4-6-22(2)31(23)28)19-27(26)34-29(35-32)21-41-25-12-17-40-20-25/h3-9,24-25H,1,10-12,14-21H2,2H3/t24-,25-/m0/s1. The van der Waals surface area contributed by atoms with E-state index in [9.17, 15) is 10.1 Å². The molecule has 4 heterocycles. The molecule has 41 heavy (non-hydrogen) atoms. The first-order chi connectivity index (χ1) is 20.1. The molecule has 3 aliphatic heterocycles. The van der Waals surface area contributed by atoms with Crippen molar-refractivity contribution < 1.29 is 14.3 Å². The molecule has 212 valence electrons. The molecule has 3 aliphatic rings. The molecule has 1 amide bonds. The number of aromatic nitrogens is 2. The fourth-order valence-corrected chi connectivity index (χ4v) is 6.33. The highest BCUT2D eigenvalue weighted by molar-refractivity contribution is 5.97. The van der Waals surface area contributed by atoms with Gasteiger partial charge in [0.15, 0.2) is 5.82 Å². The Morgan fingerprint density at radius 3 is 2.83 bits per heavy atom. The smallest absolute Gasteiger partial charge is 0.246 e. The topological polar surface area (TPSA) is 94.8 Å². The normalized spacial score (nSPS) is 20.6. The summed E-state index contributed by atoms with van der Waals surface area (Å²) in [4.78, 5) is 29.0. The number of ether oxygens (including phenoxy) is 2. The van der Waals surface area contributed by atoms with E-state index in [-0.39, 0.29) is 24.5 Å². The van der Waals surface area contributed by atoms with Crippen LogP contribution in [-0.4, -0.2) is 72.3 Å². The summed E-state index contributed by atoms with van der Waals surface area (Å²) in [5, 5.41) is 12.0. The molecule has 2 fully saturated rings. The van der Waals surface area contributed by atoms with Crippen molar-refractivity contribution in [2.75, 3.05) is 49.2 Å². The number of nitrogens with zero attached hydrogens (tertiary/aromatic N) is 6. The number of hydrogen-bond donors (Lipinski definition) is 0. The van der Waals surface area contributed by atoms with Crippen LogP contribution in [0.15, 0.2) is 49.1 Å². The van der Waals surface area contributed by atoms with Gasteiger partial charge in [0.05, 0.1) is 43.5 Å². The second-order valence-corrected chi connectivity index (χ2v) is 11.0. The van der Waals surface area contributed by atoms with E-state index in [1.165, 1.54) is 28.1 Å². The quantitative estimate of drug-likeness (QED) is 0.407. The first kappa shape index (κ1) is 27.2. The van der Waals surface area contributed by atoms with Crippen LogP contribution < -0.4 is 9.80 Å². The zero-order valence-electron chi connectivity index (χ0n) is 23.6. The number of fused-ring (bicyclic) bond motifs is 2. The van der Waals surface area contributed by atoms with E-state index in [0.717, 1.165) is 36.5 Å². The molecule has 9 nitrogen and oxygen atoms in total. The predicted octanol–water partition coefficient (Wildman–Crippen LogP) is 3.92. The third kappa shape index (κ3) is 5.50. The van der Waals surface area contributed by atoms with Gasteiger partial charge in [0.1, 0.15) is 12.4 Å². The lowest BCUT2D eigenvalue weighted by Crippen LogP contribution is -2.55. The van der Waals surface area contributed by atoms with E-state index in [1.807, 2.05) is 0 Å². The van der Waals surface area contributed by atoms with Crippen LogP contribution in [0.25, 0.3) is 10.8 Å². The van der Waals surface area contributed by atoms with Crippen LogP contribution in [-0.2, 0) is 33.8 Å². The largest absolute Gasteiger partial charge is 0.379 e. The van der Waals surface area contributed by atoms with E-state index >= 15 is 0 Å². The molecule has 9 heteroatoms. The third-order valence-electron chi connectivity index (χ3n) is 8.42. The number of carbonyl (C=O) groups excluding carboxylic acids is 1. The van der Waals surface area contributed by atoms with Crippen LogP contribution in [0.3, 0.4) is 0 Å². The lowest BCUT2D eigenvalue weighted by Gasteiger charge is -2.42. The van der Waals surface area contributed by atoms with E-state index < -0.39 is 0 Å². The summed E-state index contributed by atoms with van der Waals surface area (Å²) in [5.74, 6) is 1.42. The minimum absolute atomic E-state index is 0.0571. The van der Waals surface area contributed by atoms with Gasteiger partial charge in [-0.3, -0.25) is 4.79 Å². The highest BCUT2D eigenvalue weighted by Crippen LogP contribution is 2.35. The summed E-state index contributed by atoms with van der Waals surface area (Å²) in [6.45, 7) is 10.7. The molecule has 0 radical (unpaired) electrons. The van der Waals surface area contributed by atoms with Crippen LogP contribution >= 0.6 is 0 Å². The summed E-state index contributed by atoms with van der Waals surface area (Å²) in [7, 11) is 0. The van der Waals surface area contributed by atoms with Crippen molar-refractivity contribution in [3.8, 4) is 6.07 Å². The van der Waals surface area contributed by atoms with Crippen molar-refractivity contribution in [2.24, 2.45) is 0 Å².